The van der Waals surface area contributed by atoms with Gasteiger partial charge in [-0.15, -0.1) is 0 Å². The number of furan rings is 1. The Labute approximate surface area is 347 Å². The van der Waals surface area contributed by atoms with Crippen molar-refractivity contribution in [1.29, 1.82) is 0 Å². The molecule has 2 aromatic heterocycles. The molecule has 0 amide bonds. The highest BCUT2D eigenvalue weighted by Gasteiger charge is 2.20. The summed E-state index contributed by atoms with van der Waals surface area (Å²) in [5.74, 6) is 0. The van der Waals surface area contributed by atoms with Crippen molar-refractivity contribution in [2.75, 3.05) is 4.90 Å². The lowest BCUT2D eigenvalue weighted by Gasteiger charge is -2.28. The first-order valence-electron chi connectivity index (χ1n) is 20.4. The van der Waals surface area contributed by atoms with Gasteiger partial charge in [0.05, 0.1) is 16.9 Å². The fourth-order valence-electron chi connectivity index (χ4n) is 9.17. The molecule has 0 spiro atoms. The largest absolute Gasteiger partial charge is 0.455 e. The molecule has 60 heavy (non-hydrogen) atoms. The van der Waals surface area contributed by atoms with Crippen molar-refractivity contribution in [3.8, 4) is 33.5 Å². The molecule has 280 valence electrons. The van der Waals surface area contributed by atoms with Crippen LogP contribution in [0.25, 0.3) is 98.7 Å². The zero-order valence-corrected chi connectivity index (χ0v) is 32.6. The Morgan fingerprint density at radius 2 is 0.933 bits per heavy atom. The minimum Gasteiger partial charge on any atom is -0.455 e. The second-order valence-corrected chi connectivity index (χ2v) is 15.5. The van der Waals surface area contributed by atoms with Gasteiger partial charge >= 0.3 is 0 Å². The average Bonchev–Trinajstić information content (AvgIpc) is 3.71. The van der Waals surface area contributed by atoms with Gasteiger partial charge in [0.15, 0.2) is 0 Å². The van der Waals surface area contributed by atoms with Crippen LogP contribution in [0.3, 0.4) is 0 Å². The zero-order chi connectivity index (χ0) is 39.6. The summed E-state index contributed by atoms with van der Waals surface area (Å²) in [7, 11) is 0. The highest BCUT2D eigenvalue weighted by molar-refractivity contribution is 6.14. The standard InChI is InChI=1S/C57H36N2O/c1-2-13-37(14-3-1)44-15-7-10-23-54(44)59(42-32-29-38(30-33-42)45-20-12-21-50-48-18-8-11-24-55(48)60-57(45)50)43-34-31-40-26-25-39-27-28-41(35-51(39)52(40)36-43)56-49-19-5-4-16-46(49)47-17-6-9-22-53(47)58-56/h1-36H. The molecule has 0 saturated carbocycles. The van der Waals surface area contributed by atoms with Crippen LogP contribution in [0.15, 0.2) is 223 Å². The monoisotopic (exact) mass is 764 g/mol. The molecule has 2 heterocycles. The Bertz CT molecular complexity index is 3610. The Morgan fingerprint density at radius 3 is 1.78 bits per heavy atom. The van der Waals surface area contributed by atoms with Crippen molar-refractivity contribution in [1.82, 2.24) is 4.98 Å². The highest BCUT2D eigenvalue weighted by Crippen LogP contribution is 2.44. The van der Waals surface area contributed by atoms with E-state index >= 15 is 0 Å². The normalized spacial score (nSPS) is 11.7. The Morgan fingerprint density at radius 1 is 0.350 bits per heavy atom. The molecule has 3 heteroatoms. The van der Waals surface area contributed by atoms with E-state index in [0.717, 1.165) is 83.4 Å². The summed E-state index contributed by atoms with van der Waals surface area (Å²) in [6.45, 7) is 0. The number of hydrogen-bond donors (Lipinski definition) is 0. The predicted molar refractivity (Wildman–Crippen MR) is 253 cm³/mol. The lowest BCUT2D eigenvalue weighted by molar-refractivity contribution is 0.670. The van der Waals surface area contributed by atoms with E-state index in [1.807, 2.05) is 12.1 Å². The van der Waals surface area contributed by atoms with Crippen LogP contribution in [-0.4, -0.2) is 4.98 Å². The predicted octanol–water partition coefficient (Wildman–Crippen LogP) is 16.1. The minimum atomic E-state index is 0.901. The lowest BCUT2D eigenvalue weighted by Crippen LogP contribution is -2.11. The molecule has 0 saturated heterocycles. The van der Waals surface area contributed by atoms with Crippen LogP contribution in [0.4, 0.5) is 17.1 Å². The van der Waals surface area contributed by atoms with E-state index in [0.29, 0.717) is 0 Å². The van der Waals surface area contributed by atoms with E-state index in [2.05, 4.69) is 211 Å². The Hall–Kier alpha value is -8.01. The number of pyridine rings is 1. The molecule has 0 aliphatic rings. The maximum absolute atomic E-state index is 6.46. The summed E-state index contributed by atoms with van der Waals surface area (Å²) >= 11 is 0. The van der Waals surface area contributed by atoms with E-state index < -0.39 is 0 Å². The summed E-state index contributed by atoms with van der Waals surface area (Å²) in [6.07, 6.45) is 0. The zero-order valence-electron chi connectivity index (χ0n) is 32.6. The maximum atomic E-state index is 6.46. The van der Waals surface area contributed by atoms with Gasteiger partial charge < -0.3 is 9.32 Å². The fraction of sp³-hybridized carbons (Fsp3) is 0. The van der Waals surface area contributed by atoms with Crippen molar-refractivity contribution in [3.05, 3.63) is 218 Å². The van der Waals surface area contributed by atoms with Crippen molar-refractivity contribution in [2.24, 2.45) is 0 Å². The number of para-hydroxylation sites is 4. The molecule has 12 rings (SSSR count). The second-order valence-electron chi connectivity index (χ2n) is 15.5. The molecule has 0 unspecified atom stereocenters. The number of rotatable bonds is 6. The van der Waals surface area contributed by atoms with Crippen LogP contribution in [-0.2, 0) is 0 Å². The molecule has 0 atom stereocenters. The smallest absolute Gasteiger partial charge is 0.143 e. The quantitative estimate of drug-likeness (QED) is 0.158. The molecule has 12 aromatic rings. The third-order valence-corrected chi connectivity index (χ3v) is 12.0. The molecule has 0 aliphatic heterocycles. The van der Waals surface area contributed by atoms with Crippen molar-refractivity contribution in [2.45, 2.75) is 0 Å². The molecule has 3 nitrogen and oxygen atoms in total. The lowest BCUT2D eigenvalue weighted by atomic mass is 9.95. The molecular formula is C57H36N2O. The Balaban J connectivity index is 1.04. The van der Waals surface area contributed by atoms with Gasteiger partial charge in [-0.2, -0.15) is 0 Å². The van der Waals surface area contributed by atoms with Gasteiger partial charge in [0, 0.05) is 49.6 Å². The summed E-state index contributed by atoms with van der Waals surface area (Å²) in [5, 5.41) is 10.5. The van der Waals surface area contributed by atoms with E-state index in [-0.39, 0.29) is 0 Å². The van der Waals surface area contributed by atoms with Crippen LogP contribution < -0.4 is 4.90 Å². The Kier molecular flexibility index (Phi) is 7.85. The summed E-state index contributed by atoms with van der Waals surface area (Å²) in [5.41, 5.74) is 12.6. The fourth-order valence-corrected chi connectivity index (χ4v) is 9.17. The number of aromatic nitrogens is 1. The van der Waals surface area contributed by atoms with Gasteiger partial charge in [-0.1, -0.05) is 170 Å². The molecule has 10 aromatic carbocycles. The van der Waals surface area contributed by atoms with Crippen LogP contribution in [0.1, 0.15) is 0 Å². The van der Waals surface area contributed by atoms with Crippen LogP contribution in [0.5, 0.6) is 0 Å². The molecule has 0 fully saturated rings. The van der Waals surface area contributed by atoms with E-state index in [4.69, 9.17) is 9.40 Å². The first-order chi connectivity index (χ1) is 29.7. The van der Waals surface area contributed by atoms with Gasteiger partial charge in [0.25, 0.3) is 0 Å². The SMILES string of the molecule is c1ccc(-c2ccccc2N(c2ccc(-c3cccc4c3oc3ccccc34)cc2)c2ccc3ccc4ccc(-c5nc6ccccc6c6ccccc56)cc4c3c2)cc1. The molecule has 0 bridgehead atoms. The topological polar surface area (TPSA) is 29.3 Å². The number of anilines is 3. The van der Waals surface area contributed by atoms with Gasteiger partial charge in [-0.3, -0.25) is 0 Å². The average molecular weight is 765 g/mol. The molecule has 0 N–H and O–H groups in total. The third kappa shape index (κ3) is 5.55. The van der Waals surface area contributed by atoms with Crippen molar-refractivity contribution < 1.29 is 4.42 Å². The number of benzene rings is 10. The van der Waals surface area contributed by atoms with Crippen LogP contribution in [0, 0.1) is 0 Å². The van der Waals surface area contributed by atoms with Crippen LogP contribution >= 0.6 is 0 Å². The second kappa shape index (κ2) is 13.8. The first-order valence-corrected chi connectivity index (χ1v) is 20.4. The van der Waals surface area contributed by atoms with Gasteiger partial charge in [0.2, 0.25) is 0 Å². The first kappa shape index (κ1) is 34.1. The highest BCUT2D eigenvalue weighted by atomic mass is 16.3. The molecule has 0 aliphatic carbocycles. The van der Waals surface area contributed by atoms with E-state index in [1.165, 1.54) is 32.3 Å². The van der Waals surface area contributed by atoms with E-state index in [9.17, 15) is 0 Å². The summed E-state index contributed by atoms with van der Waals surface area (Å²) in [4.78, 5) is 7.66. The van der Waals surface area contributed by atoms with Gasteiger partial charge in [-0.05, 0) is 86.6 Å². The van der Waals surface area contributed by atoms with Gasteiger partial charge in [0.1, 0.15) is 11.2 Å². The van der Waals surface area contributed by atoms with Crippen molar-refractivity contribution in [3.63, 3.8) is 0 Å². The molecule has 0 radical (unpaired) electrons. The maximum Gasteiger partial charge on any atom is 0.143 e. The molecular weight excluding hydrogens is 729 g/mol. The summed E-state index contributed by atoms with van der Waals surface area (Å²) in [6, 6.07) is 78.2. The summed E-state index contributed by atoms with van der Waals surface area (Å²) < 4.78 is 6.46. The number of fused-ring (bicyclic) bond motifs is 9. The van der Waals surface area contributed by atoms with Crippen molar-refractivity contribution >= 4 is 82.2 Å². The van der Waals surface area contributed by atoms with Crippen LogP contribution in [0.2, 0.25) is 0 Å². The number of hydrogen-bond acceptors (Lipinski definition) is 3. The third-order valence-electron chi connectivity index (χ3n) is 12.0. The van der Waals surface area contributed by atoms with E-state index in [1.54, 1.807) is 0 Å². The van der Waals surface area contributed by atoms with Gasteiger partial charge in [-0.25, -0.2) is 4.98 Å². The minimum absolute atomic E-state index is 0.901. The number of nitrogens with zero attached hydrogens (tertiary/aromatic N) is 2.